The molecule has 0 fully saturated rings. The molecule has 1 N–H and O–H groups in total. The van der Waals surface area contributed by atoms with E-state index in [1.807, 2.05) is 35.1 Å². The van der Waals surface area contributed by atoms with Crippen molar-refractivity contribution < 1.29 is 21.6 Å². The van der Waals surface area contributed by atoms with Crippen LogP contribution in [-0.2, 0) is 23.6 Å². The molecule has 10 heteroatoms. The van der Waals surface area contributed by atoms with Crippen molar-refractivity contribution >= 4 is 20.9 Å². The van der Waals surface area contributed by atoms with Crippen molar-refractivity contribution in [2.75, 3.05) is 0 Å². The van der Waals surface area contributed by atoms with Crippen molar-refractivity contribution in [1.82, 2.24) is 14.3 Å². The molecule has 34 heavy (non-hydrogen) atoms. The van der Waals surface area contributed by atoms with E-state index in [0.29, 0.717) is 27.7 Å². The number of halogens is 3. The lowest BCUT2D eigenvalue weighted by molar-refractivity contribution is 0.0895. The number of hydrogen-bond donors (Lipinski definition) is 1. The van der Waals surface area contributed by atoms with Gasteiger partial charge in [-0.3, -0.25) is 4.79 Å². The molecule has 1 unspecified atom stereocenters. The van der Waals surface area contributed by atoms with Gasteiger partial charge in [-0.05, 0) is 23.3 Å². The summed E-state index contributed by atoms with van der Waals surface area (Å²) in [7, 11) is -3.14. The van der Waals surface area contributed by atoms with Gasteiger partial charge in [0.2, 0.25) is 10.0 Å². The third-order valence-corrected chi connectivity index (χ3v) is 6.69. The Kier molecular flexibility index (Phi) is 6.54. The van der Waals surface area contributed by atoms with Gasteiger partial charge in [-0.1, -0.05) is 54.6 Å². The predicted molar refractivity (Wildman–Crippen MR) is 125 cm³/mol. The average Bonchev–Trinajstić information content (AvgIpc) is 2.85. The summed E-state index contributed by atoms with van der Waals surface area (Å²) in [5.41, 5.74) is 0.406. The highest BCUT2D eigenvalue weighted by Crippen LogP contribution is 2.32. The number of pyridine rings is 2. The number of benzene rings is 2. The number of hydrogen-bond acceptors (Lipinski definition) is 4. The molecule has 0 spiro atoms. The summed E-state index contributed by atoms with van der Waals surface area (Å²) in [5.74, 6) is 0. The second-order valence-corrected chi connectivity index (χ2v) is 9.49. The third kappa shape index (κ3) is 4.73. The predicted octanol–water partition coefficient (Wildman–Crippen LogP) is 4.25. The summed E-state index contributed by atoms with van der Waals surface area (Å²) in [6.45, 7) is -0.345. The molecular weight excluding hydrogens is 467 g/mol. The summed E-state index contributed by atoms with van der Waals surface area (Å²) in [6, 6.07) is 19.6. The van der Waals surface area contributed by atoms with Gasteiger partial charge in [0.1, 0.15) is 0 Å². The molecule has 0 aliphatic carbocycles. The van der Waals surface area contributed by atoms with Gasteiger partial charge in [0.25, 0.3) is 17.5 Å². The number of nitrogens with zero attached hydrogens (tertiary/aromatic N) is 2. The van der Waals surface area contributed by atoms with Crippen LogP contribution < -0.4 is 10.3 Å². The smallest absolute Gasteiger partial charge is 0.285 e. The van der Waals surface area contributed by atoms with Crippen molar-refractivity contribution in [2.24, 2.45) is 7.05 Å². The largest absolute Gasteiger partial charge is 0.318 e. The number of nitrogens with one attached hydrogen (secondary N) is 1. The Morgan fingerprint density at radius 3 is 2.29 bits per heavy atom. The zero-order chi connectivity index (χ0) is 24.5. The van der Waals surface area contributed by atoms with E-state index >= 15 is 0 Å². The lowest BCUT2D eigenvalue weighted by atomic mass is 9.97. The number of aromatic nitrogens is 2. The van der Waals surface area contributed by atoms with Crippen LogP contribution in [0.4, 0.5) is 13.2 Å². The Morgan fingerprint density at radius 2 is 1.65 bits per heavy atom. The molecule has 0 aliphatic heterocycles. The first kappa shape index (κ1) is 23.7. The van der Waals surface area contributed by atoms with Gasteiger partial charge in [-0.15, -0.1) is 0 Å². The van der Waals surface area contributed by atoms with E-state index in [4.69, 9.17) is 4.98 Å². The number of alkyl halides is 3. The van der Waals surface area contributed by atoms with Crippen molar-refractivity contribution in [3.05, 3.63) is 88.8 Å². The lowest BCUT2D eigenvalue weighted by Gasteiger charge is -2.13. The Morgan fingerprint density at radius 1 is 0.971 bits per heavy atom. The number of aryl methyl sites for hydroxylation is 1. The highest BCUT2D eigenvalue weighted by atomic mass is 32.2. The maximum atomic E-state index is 13.2. The Balaban J connectivity index is 1.72. The van der Waals surface area contributed by atoms with Crippen LogP contribution in [0.25, 0.3) is 33.3 Å². The van der Waals surface area contributed by atoms with Gasteiger partial charge >= 0.3 is 0 Å². The monoisotopic (exact) mass is 487 g/mol. The number of sulfonamides is 1. The van der Waals surface area contributed by atoms with Crippen LogP contribution >= 0.6 is 0 Å². The minimum atomic E-state index is -4.81. The molecule has 0 bridgehead atoms. The molecule has 0 saturated heterocycles. The summed E-state index contributed by atoms with van der Waals surface area (Å²) < 4.78 is 64.6. The Labute approximate surface area is 193 Å². The van der Waals surface area contributed by atoms with Crippen LogP contribution in [-0.4, -0.2) is 29.9 Å². The molecule has 4 aromatic rings. The van der Waals surface area contributed by atoms with E-state index in [9.17, 15) is 26.4 Å². The Hall–Kier alpha value is -3.50. The van der Waals surface area contributed by atoms with Gasteiger partial charge in [-0.25, -0.2) is 31.3 Å². The third-order valence-electron chi connectivity index (χ3n) is 5.34. The standard InChI is InChI=1S/C24H20F3N3O3S/c1-30-12-11-20-19(24(30)31)13-18(16-5-3-2-4-6-16)21(29-20)17-9-7-15(8-10-17)14-28-34(32,33)23(27)22(25)26/h2-13,22-23,28H,14H2,1H3. The van der Waals surface area contributed by atoms with Crippen LogP contribution in [0.2, 0.25) is 0 Å². The lowest BCUT2D eigenvalue weighted by Crippen LogP contribution is -2.35. The fraction of sp³-hybridized carbons (Fsp3) is 0.167. The molecule has 2 heterocycles. The van der Waals surface area contributed by atoms with E-state index in [-0.39, 0.29) is 12.1 Å². The fourth-order valence-electron chi connectivity index (χ4n) is 3.50. The normalized spacial score (nSPS) is 12.9. The van der Waals surface area contributed by atoms with Crippen molar-refractivity contribution in [1.29, 1.82) is 0 Å². The van der Waals surface area contributed by atoms with Crippen molar-refractivity contribution in [3.8, 4) is 22.4 Å². The van der Waals surface area contributed by atoms with E-state index in [1.54, 1.807) is 49.6 Å². The molecule has 2 aromatic heterocycles. The topological polar surface area (TPSA) is 81.1 Å². The zero-order valence-corrected chi connectivity index (χ0v) is 18.8. The number of rotatable bonds is 7. The van der Waals surface area contributed by atoms with E-state index < -0.39 is 22.0 Å². The molecule has 0 amide bonds. The second kappa shape index (κ2) is 9.40. The van der Waals surface area contributed by atoms with Gasteiger partial charge in [0.15, 0.2) is 0 Å². The first-order chi connectivity index (χ1) is 16.2. The fourth-order valence-corrected chi connectivity index (χ4v) is 4.30. The van der Waals surface area contributed by atoms with Crippen molar-refractivity contribution in [2.45, 2.75) is 18.5 Å². The summed E-state index contributed by atoms with van der Waals surface area (Å²) in [5, 5.41) is 0.471. The molecule has 0 saturated carbocycles. The average molecular weight is 488 g/mol. The van der Waals surface area contributed by atoms with Crippen LogP contribution in [0.3, 0.4) is 0 Å². The number of fused-ring (bicyclic) bond motifs is 1. The van der Waals surface area contributed by atoms with Gasteiger partial charge < -0.3 is 4.57 Å². The molecule has 176 valence electrons. The molecule has 0 aliphatic rings. The highest BCUT2D eigenvalue weighted by molar-refractivity contribution is 7.89. The molecule has 0 radical (unpaired) electrons. The van der Waals surface area contributed by atoms with Crippen LogP contribution in [0.1, 0.15) is 5.56 Å². The summed E-state index contributed by atoms with van der Waals surface area (Å²) >= 11 is 0. The van der Waals surface area contributed by atoms with Gasteiger partial charge in [0, 0.05) is 30.9 Å². The quantitative estimate of drug-likeness (QED) is 0.423. The van der Waals surface area contributed by atoms with Crippen LogP contribution in [0, 0.1) is 0 Å². The van der Waals surface area contributed by atoms with E-state index in [2.05, 4.69) is 0 Å². The molecule has 6 nitrogen and oxygen atoms in total. The first-order valence-electron chi connectivity index (χ1n) is 10.2. The minimum absolute atomic E-state index is 0.175. The van der Waals surface area contributed by atoms with Gasteiger partial charge in [-0.2, -0.15) is 0 Å². The maximum absolute atomic E-state index is 13.2. The van der Waals surface area contributed by atoms with E-state index in [0.717, 1.165) is 11.1 Å². The van der Waals surface area contributed by atoms with Crippen LogP contribution in [0.15, 0.2) is 77.7 Å². The first-order valence-corrected chi connectivity index (χ1v) is 11.8. The highest BCUT2D eigenvalue weighted by Gasteiger charge is 2.33. The maximum Gasteiger partial charge on any atom is 0.285 e. The summed E-state index contributed by atoms with van der Waals surface area (Å²) in [4.78, 5) is 17.4. The van der Waals surface area contributed by atoms with Gasteiger partial charge in [0.05, 0.1) is 16.6 Å². The molecular formula is C24H20F3N3O3S. The molecule has 2 aromatic carbocycles. The zero-order valence-electron chi connectivity index (χ0n) is 18.0. The second-order valence-electron chi connectivity index (χ2n) is 7.66. The van der Waals surface area contributed by atoms with Crippen LogP contribution in [0.5, 0.6) is 0 Å². The minimum Gasteiger partial charge on any atom is -0.318 e. The molecule has 1 atom stereocenters. The summed E-state index contributed by atoms with van der Waals surface area (Å²) in [6.07, 6.45) is -2.00. The molecule has 4 rings (SSSR count). The van der Waals surface area contributed by atoms with E-state index in [1.165, 1.54) is 4.57 Å². The Bertz CT molecular complexity index is 1490. The van der Waals surface area contributed by atoms with Crippen molar-refractivity contribution in [3.63, 3.8) is 0 Å². The SMILES string of the molecule is Cn1ccc2nc(-c3ccc(CNS(=O)(=O)C(F)C(F)F)cc3)c(-c3ccccc3)cc2c1=O.